The van der Waals surface area contributed by atoms with Gasteiger partial charge in [0.1, 0.15) is 0 Å². The highest BCUT2D eigenvalue weighted by Gasteiger charge is 2.11. The number of hydrogen-bond acceptors (Lipinski definition) is 2. The van der Waals surface area contributed by atoms with Crippen molar-refractivity contribution >= 4 is 33.4 Å². The van der Waals surface area contributed by atoms with Gasteiger partial charge in [-0.2, -0.15) is 0 Å². The molecule has 14 heavy (non-hydrogen) atoms. The average molecular weight is 281 g/mol. The maximum Gasteiger partial charge on any atom is 0.287 e. The Labute approximate surface area is 95.9 Å². The lowest BCUT2D eigenvalue weighted by molar-refractivity contribution is 0.0924. The SMILES string of the molecule is CCC(Cl)CNC(=O)c1ccc(Br)o1. The van der Waals surface area contributed by atoms with Crippen molar-refractivity contribution in [1.29, 1.82) is 0 Å². The van der Waals surface area contributed by atoms with E-state index in [2.05, 4.69) is 21.2 Å². The van der Waals surface area contributed by atoms with Gasteiger partial charge in [0.05, 0.1) is 5.38 Å². The molecule has 1 rings (SSSR count). The van der Waals surface area contributed by atoms with Crippen LogP contribution in [0.2, 0.25) is 0 Å². The van der Waals surface area contributed by atoms with E-state index in [0.717, 1.165) is 6.42 Å². The van der Waals surface area contributed by atoms with Crippen LogP contribution in [0.1, 0.15) is 23.9 Å². The van der Waals surface area contributed by atoms with Crippen LogP contribution < -0.4 is 5.32 Å². The summed E-state index contributed by atoms with van der Waals surface area (Å²) in [5.41, 5.74) is 0. The van der Waals surface area contributed by atoms with Crippen molar-refractivity contribution in [3.05, 3.63) is 22.6 Å². The highest BCUT2D eigenvalue weighted by molar-refractivity contribution is 9.10. The van der Waals surface area contributed by atoms with Crippen molar-refractivity contribution in [3.8, 4) is 0 Å². The number of alkyl halides is 1. The molecule has 3 nitrogen and oxygen atoms in total. The van der Waals surface area contributed by atoms with Crippen LogP contribution in [0.4, 0.5) is 0 Å². The second-order valence-corrected chi connectivity index (χ2v) is 4.22. The lowest BCUT2D eigenvalue weighted by Crippen LogP contribution is -2.29. The molecule has 1 unspecified atom stereocenters. The monoisotopic (exact) mass is 279 g/mol. The molecule has 0 aromatic carbocycles. The first kappa shape index (κ1) is 11.6. The molecule has 1 N–H and O–H groups in total. The number of carbonyl (C=O) groups excluding carboxylic acids is 1. The van der Waals surface area contributed by atoms with E-state index in [9.17, 15) is 4.79 Å². The summed E-state index contributed by atoms with van der Waals surface area (Å²) in [6.45, 7) is 2.42. The Balaban J connectivity index is 2.43. The second kappa shape index (κ2) is 5.41. The van der Waals surface area contributed by atoms with Gasteiger partial charge in [-0.3, -0.25) is 4.79 Å². The third-order valence-electron chi connectivity index (χ3n) is 1.72. The van der Waals surface area contributed by atoms with E-state index in [0.29, 0.717) is 11.2 Å². The van der Waals surface area contributed by atoms with Crippen molar-refractivity contribution in [1.82, 2.24) is 5.32 Å². The molecule has 1 aromatic rings. The zero-order valence-corrected chi connectivity index (χ0v) is 10.1. The molecule has 0 bridgehead atoms. The Hall–Kier alpha value is -0.480. The van der Waals surface area contributed by atoms with Gasteiger partial charge in [-0.25, -0.2) is 0 Å². The van der Waals surface area contributed by atoms with Crippen LogP contribution in [0.25, 0.3) is 0 Å². The fraction of sp³-hybridized carbons (Fsp3) is 0.444. The number of rotatable bonds is 4. The molecule has 78 valence electrons. The Bertz CT molecular complexity index is 314. The third-order valence-corrected chi connectivity index (χ3v) is 2.61. The van der Waals surface area contributed by atoms with E-state index < -0.39 is 0 Å². The molecule has 0 radical (unpaired) electrons. The van der Waals surface area contributed by atoms with Crippen LogP contribution >= 0.6 is 27.5 Å². The number of halogens is 2. The highest BCUT2D eigenvalue weighted by Crippen LogP contribution is 2.13. The predicted octanol–water partition coefficient (Wildman–Crippen LogP) is 2.79. The molecule has 0 aliphatic heterocycles. The molecule has 0 aliphatic carbocycles. The fourth-order valence-electron chi connectivity index (χ4n) is 0.871. The average Bonchev–Trinajstić information content (AvgIpc) is 2.60. The topological polar surface area (TPSA) is 42.2 Å². The zero-order valence-electron chi connectivity index (χ0n) is 7.72. The highest BCUT2D eigenvalue weighted by atomic mass is 79.9. The molecule has 1 atom stereocenters. The maximum absolute atomic E-state index is 11.4. The minimum atomic E-state index is -0.241. The smallest absolute Gasteiger partial charge is 0.287 e. The van der Waals surface area contributed by atoms with E-state index >= 15 is 0 Å². The standard InChI is InChI=1S/C9H11BrClNO2/c1-2-6(11)5-12-9(13)7-3-4-8(10)14-7/h3-4,6H,2,5H2,1H3,(H,12,13). The van der Waals surface area contributed by atoms with Crippen molar-refractivity contribution < 1.29 is 9.21 Å². The van der Waals surface area contributed by atoms with Crippen LogP contribution in [0.3, 0.4) is 0 Å². The summed E-state index contributed by atoms with van der Waals surface area (Å²) in [6, 6.07) is 3.28. The first-order valence-electron chi connectivity index (χ1n) is 4.31. The Kier molecular flexibility index (Phi) is 4.48. The number of amides is 1. The van der Waals surface area contributed by atoms with Gasteiger partial charge in [-0.1, -0.05) is 6.92 Å². The molecular weight excluding hydrogens is 269 g/mol. The van der Waals surface area contributed by atoms with Crippen LogP contribution in [0, 0.1) is 0 Å². The van der Waals surface area contributed by atoms with Gasteiger partial charge < -0.3 is 9.73 Å². The third kappa shape index (κ3) is 3.35. The van der Waals surface area contributed by atoms with Gasteiger partial charge in [0.15, 0.2) is 10.4 Å². The van der Waals surface area contributed by atoms with Crippen molar-refractivity contribution in [2.75, 3.05) is 6.54 Å². The maximum atomic E-state index is 11.4. The van der Waals surface area contributed by atoms with Crippen molar-refractivity contribution in [2.24, 2.45) is 0 Å². The molecule has 0 fully saturated rings. The summed E-state index contributed by atoms with van der Waals surface area (Å²) in [5, 5.41) is 2.65. The summed E-state index contributed by atoms with van der Waals surface area (Å²) in [6.07, 6.45) is 0.823. The summed E-state index contributed by atoms with van der Waals surface area (Å²) < 4.78 is 5.61. The molecule has 0 saturated carbocycles. The Morgan fingerprint density at radius 3 is 2.93 bits per heavy atom. The lowest BCUT2D eigenvalue weighted by atomic mass is 10.3. The van der Waals surface area contributed by atoms with Gasteiger partial charge in [0.2, 0.25) is 0 Å². The summed E-state index contributed by atoms with van der Waals surface area (Å²) in [7, 11) is 0. The first-order chi connectivity index (χ1) is 6.63. The summed E-state index contributed by atoms with van der Waals surface area (Å²) in [5.74, 6) is 0.0478. The minimum Gasteiger partial charge on any atom is -0.444 e. The molecule has 1 heterocycles. The number of hydrogen-bond donors (Lipinski definition) is 1. The number of furan rings is 1. The lowest BCUT2D eigenvalue weighted by Gasteiger charge is -2.06. The Morgan fingerprint density at radius 1 is 1.71 bits per heavy atom. The van der Waals surface area contributed by atoms with Crippen molar-refractivity contribution in [3.63, 3.8) is 0 Å². The van der Waals surface area contributed by atoms with Crippen LogP contribution in [0.5, 0.6) is 0 Å². The molecule has 1 amide bonds. The minimum absolute atomic E-state index is 0.0302. The normalized spacial score (nSPS) is 12.5. The van der Waals surface area contributed by atoms with E-state index in [-0.39, 0.29) is 17.0 Å². The van der Waals surface area contributed by atoms with Gasteiger partial charge in [0, 0.05) is 6.54 Å². The van der Waals surface area contributed by atoms with Gasteiger partial charge in [-0.05, 0) is 34.5 Å². The Morgan fingerprint density at radius 2 is 2.43 bits per heavy atom. The van der Waals surface area contributed by atoms with E-state index in [1.54, 1.807) is 12.1 Å². The zero-order chi connectivity index (χ0) is 10.6. The quantitative estimate of drug-likeness (QED) is 0.862. The largest absolute Gasteiger partial charge is 0.444 e. The molecule has 1 aromatic heterocycles. The van der Waals surface area contributed by atoms with E-state index in [1.165, 1.54) is 0 Å². The van der Waals surface area contributed by atoms with Crippen LogP contribution in [0.15, 0.2) is 21.2 Å². The molecule has 5 heteroatoms. The fourth-order valence-corrected chi connectivity index (χ4v) is 1.25. The van der Waals surface area contributed by atoms with Gasteiger partial charge in [0.25, 0.3) is 5.91 Å². The first-order valence-corrected chi connectivity index (χ1v) is 5.54. The van der Waals surface area contributed by atoms with Crippen molar-refractivity contribution in [2.45, 2.75) is 18.7 Å². The summed E-state index contributed by atoms with van der Waals surface area (Å²) in [4.78, 5) is 11.4. The number of carbonyl (C=O) groups is 1. The van der Waals surface area contributed by atoms with Gasteiger partial charge in [-0.15, -0.1) is 11.6 Å². The van der Waals surface area contributed by atoms with E-state index in [1.807, 2.05) is 6.92 Å². The molecule has 0 saturated heterocycles. The van der Waals surface area contributed by atoms with Crippen LogP contribution in [-0.4, -0.2) is 17.8 Å². The summed E-state index contributed by atoms with van der Waals surface area (Å²) >= 11 is 8.97. The predicted molar refractivity (Wildman–Crippen MR) is 58.7 cm³/mol. The van der Waals surface area contributed by atoms with Crippen LogP contribution in [-0.2, 0) is 0 Å². The molecular formula is C9H11BrClNO2. The second-order valence-electron chi connectivity index (χ2n) is 2.82. The number of nitrogens with one attached hydrogen (secondary N) is 1. The molecule has 0 aliphatic rings. The van der Waals surface area contributed by atoms with E-state index in [4.69, 9.17) is 16.0 Å². The van der Waals surface area contributed by atoms with Gasteiger partial charge >= 0.3 is 0 Å². The molecule has 0 spiro atoms.